The van der Waals surface area contributed by atoms with Gasteiger partial charge < -0.3 is 9.47 Å². The largest absolute Gasteiger partial charge is 0.490 e. The van der Waals surface area contributed by atoms with E-state index in [2.05, 4.69) is 22.6 Å². The van der Waals surface area contributed by atoms with Gasteiger partial charge in [-0.3, -0.25) is 19.8 Å². The number of nitrogens with zero attached hydrogens (tertiary/aromatic N) is 5. The van der Waals surface area contributed by atoms with E-state index in [1.165, 1.54) is 95.2 Å². The van der Waals surface area contributed by atoms with Crippen molar-refractivity contribution in [1.29, 1.82) is 0 Å². The first-order valence-electron chi connectivity index (χ1n) is 22.0. The number of ether oxygens (including phenoxy) is 2. The van der Waals surface area contributed by atoms with Crippen LogP contribution in [-0.2, 0) is 14.4 Å². The molecule has 3 aromatic carbocycles. The summed E-state index contributed by atoms with van der Waals surface area (Å²) in [6, 6.07) is 11.3. The molecule has 0 aliphatic carbocycles. The summed E-state index contributed by atoms with van der Waals surface area (Å²) >= 11 is 25.9. The van der Waals surface area contributed by atoms with Gasteiger partial charge in [0.25, 0.3) is 5.91 Å². The van der Waals surface area contributed by atoms with Crippen molar-refractivity contribution in [3.63, 3.8) is 0 Å². The van der Waals surface area contributed by atoms with Crippen LogP contribution in [0.25, 0.3) is 0 Å². The minimum Gasteiger partial charge on any atom is -0.490 e. The molecule has 0 spiro atoms. The van der Waals surface area contributed by atoms with Gasteiger partial charge in [0.05, 0.1) is 51.3 Å². The molecule has 0 saturated carbocycles. The van der Waals surface area contributed by atoms with Gasteiger partial charge >= 0.3 is 0 Å². The fourth-order valence-corrected chi connectivity index (χ4v) is 8.60. The van der Waals surface area contributed by atoms with E-state index in [4.69, 9.17) is 60.9 Å². The predicted molar refractivity (Wildman–Crippen MR) is 252 cm³/mol. The molecule has 2 unspecified atom stereocenters. The number of benzene rings is 3. The van der Waals surface area contributed by atoms with Crippen molar-refractivity contribution in [2.24, 2.45) is 21.1 Å². The molecular weight excluding hydrogens is 870 g/mol. The van der Waals surface area contributed by atoms with Crippen LogP contribution in [0.5, 0.6) is 11.5 Å². The number of allylic oxidation sites excluding steroid dienone is 1. The van der Waals surface area contributed by atoms with Crippen molar-refractivity contribution < 1.29 is 23.9 Å². The van der Waals surface area contributed by atoms with Gasteiger partial charge in [-0.15, -0.1) is 0 Å². The van der Waals surface area contributed by atoms with Crippen molar-refractivity contribution >= 4 is 92.7 Å². The lowest BCUT2D eigenvalue weighted by molar-refractivity contribution is -0.122. The minimum atomic E-state index is -1.32. The molecule has 334 valence electrons. The highest BCUT2D eigenvalue weighted by Gasteiger charge is 2.42. The molecule has 15 heteroatoms. The van der Waals surface area contributed by atoms with Gasteiger partial charge in [0.2, 0.25) is 17.9 Å². The van der Waals surface area contributed by atoms with Crippen molar-refractivity contribution in [3.8, 4) is 11.5 Å². The lowest BCUT2D eigenvalue weighted by Crippen LogP contribution is -2.36. The van der Waals surface area contributed by atoms with Crippen LogP contribution >= 0.6 is 46.4 Å². The Morgan fingerprint density at radius 1 is 0.710 bits per heavy atom. The molecule has 5 rings (SSSR count). The SMILES string of the molecule is CCCCCCCCCCCCCCCCC=CC1CC(=O)N(c2ccc(Cl)c(N=C3NN(c4c(Cl)cc(Cl)cc4Cl)C(=O)C3N=Nc3ccc(OCC)c(OCC)c3)c2)C1=O. The fraction of sp³-hybridized carbons (Fsp3) is 0.489. The summed E-state index contributed by atoms with van der Waals surface area (Å²) in [6.07, 6.45) is 23.0. The van der Waals surface area contributed by atoms with Crippen molar-refractivity contribution in [2.45, 2.75) is 130 Å². The van der Waals surface area contributed by atoms with Crippen LogP contribution in [0.2, 0.25) is 20.1 Å². The van der Waals surface area contributed by atoms with Gasteiger partial charge in [-0.05, 0) is 69.2 Å². The van der Waals surface area contributed by atoms with Crippen LogP contribution in [0, 0.1) is 5.92 Å². The van der Waals surface area contributed by atoms with E-state index in [1.54, 1.807) is 30.3 Å². The second kappa shape index (κ2) is 25.2. The smallest absolute Gasteiger partial charge is 0.280 e. The predicted octanol–water partition coefficient (Wildman–Crippen LogP) is 14.1. The van der Waals surface area contributed by atoms with E-state index in [-0.39, 0.29) is 55.5 Å². The highest BCUT2D eigenvalue weighted by molar-refractivity contribution is 6.43. The van der Waals surface area contributed by atoms with E-state index >= 15 is 0 Å². The first-order chi connectivity index (χ1) is 30.1. The van der Waals surface area contributed by atoms with Crippen LogP contribution < -0.4 is 24.8 Å². The molecule has 3 amide bonds. The first kappa shape index (κ1) is 48.9. The highest BCUT2D eigenvalue weighted by Crippen LogP contribution is 2.40. The number of aliphatic imine (C=N–C) groups is 1. The van der Waals surface area contributed by atoms with E-state index < -0.39 is 17.9 Å². The van der Waals surface area contributed by atoms with Crippen LogP contribution in [0.15, 0.2) is 75.9 Å². The Bertz CT molecular complexity index is 2070. The molecule has 3 aromatic rings. The molecule has 2 saturated heterocycles. The Balaban J connectivity index is 1.24. The van der Waals surface area contributed by atoms with Crippen molar-refractivity contribution in [2.75, 3.05) is 23.1 Å². The van der Waals surface area contributed by atoms with E-state index in [1.807, 2.05) is 26.0 Å². The summed E-state index contributed by atoms with van der Waals surface area (Å²) < 4.78 is 11.4. The summed E-state index contributed by atoms with van der Waals surface area (Å²) in [5.41, 5.74) is 3.95. The molecule has 62 heavy (non-hydrogen) atoms. The summed E-state index contributed by atoms with van der Waals surface area (Å²) in [4.78, 5) is 46.8. The Labute approximate surface area is 386 Å². The molecule has 0 radical (unpaired) electrons. The number of amidine groups is 1. The van der Waals surface area contributed by atoms with Crippen LogP contribution in [0.1, 0.15) is 124 Å². The molecule has 2 heterocycles. The number of hydrogen-bond donors (Lipinski definition) is 1. The Morgan fingerprint density at radius 2 is 1.32 bits per heavy atom. The third kappa shape index (κ3) is 13.7. The summed E-state index contributed by atoms with van der Waals surface area (Å²) in [5.74, 6) is -0.785. The first-order valence-corrected chi connectivity index (χ1v) is 23.5. The van der Waals surface area contributed by atoms with Crippen LogP contribution in [-0.4, -0.2) is 42.8 Å². The normalized spacial score (nSPS) is 17.4. The molecule has 2 aliphatic heterocycles. The Morgan fingerprint density at radius 3 is 1.95 bits per heavy atom. The number of hydrogen-bond acceptors (Lipinski definition) is 8. The molecule has 2 aliphatic rings. The maximum absolute atomic E-state index is 14.1. The van der Waals surface area contributed by atoms with Gasteiger partial charge in [0.15, 0.2) is 17.3 Å². The van der Waals surface area contributed by atoms with Gasteiger partial charge in [-0.1, -0.05) is 149 Å². The topological polar surface area (TPSA) is 125 Å². The second-order valence-corrected chi connectivity index (χ2v) is 17.1. The number of halogens is 4. The third-order valence-electron chi connectivity index (χ3n) is 10.7. The van der Waals surface area contributed by atoms with Crippen LogP contribution in [0.3, 0.4) is 0 Å². The number of carbonyl (C=O) groups is 3. The zero-order chi connectivity index (χ0) is 44.4. The van der Waals surface area contributed by atoms with Gasteiger partial charge in [0.1, 0.15) is 5.69 Å². The average molecular weight is 929 g/mol. The summed E-state index contributed by atoms with van der Waals surface area (Å²) in [6.45, 7) is 6.81. The lowest BCUT2D eigenvalue weighted by Gasteiger charge is -2.19. The van der Waals surface area contributed by atoms with Crippen LogP contribution in [0.4, 0.5) is 22.7 Å². The molecule has 2 fully saturated rings. The summed E-state index contributed by atoms with van der Waals surface area (Å²) in [5, 5.41) is 10.5. The number of rotatable bonds is 25. The maximum Gasteiger partial charge on any atom is 0.280 e. The van der Waals surface area contributed by atoms with E-state index in [0.717, 1.165) is 29.2 Å². The zero-order valence-electron chi connectivity index (χ0n) is 35.9. The highest BCUT2D eigenvalue weighted by atomic mass is 35.5. The van der Waals surface area contributed by atoms with E-state index in [0.29, 0.717) is 36.1 Å². The van der Waals surface area contributed by atoms with Gasteiger partial charge in [-0.25, -0.2) is 14.9 Å². The number of imide groups is 1. The Hall–Kier alpha value is -4.16. The number of anilines is 2. The number of hydrazine groups is 1. The molecule has 11 nitrogen and oxygen atoms in total. The number of carbonyl (C=O) groups excluding carboxylic acids is 3. The monoisotopic (exact) mass is 926 g/mol. The number of azo groups is 1. The average Bonchev–Trinajstić information content (AvgIpc) is 3.70. The number of amides is 3. The van der Waals surface area contributed by atoms with E-state index in [9.17, 15) is 14.4 Å². The minimum absolute atomic E-state index is 0.0271. The molecule has 2 atom stereocenters. The van der Waals surface area contributed by atoms with Gasteiger partial charge in [-0.2, -0.15) is 10.2 Å². The Kier molecular flexibility index (Phi) is 19.9. The lowest BCUT2D eigenvalue weighted by atomic mass is 10.0. The molecule has 0 bridgehead atoms. The van der Waals surface area contributed by atoms with Crippen molar-refractivity contribution in [1.82, 2.24) is 5.43 Å². The number of nitrogens with one attached hydrogen (secondary N) is 1. The molecule has 0 aromatic heterocycles. The zero-order valence-corrected chi connectivity index (χ0v) is 39.0. The molecular formula is C47H58Cl4N6O5. The number of unbranched alkanes of at least 4 members (excludes halogenated alkanes) is 14. The fourth-order valence-electron chi connectivity index (χ4n) is 7.45. The molecule has 1 N–H and O–H groups in total. The maximum atomic E-state index is 14.1. The third-order valence-corrected chi connectivity index (χ3v) is 11.8. The quantitative estimate of drug-likeness (QED) is 0.0390. The standard InChI is InChI=1S/C47H58Cl4N6O5/c1-4-7-8-9-10-11-12-13-14-15-16-17-18-19-20-21-22-32-27-42(58)56(46(32)59)35-24-25-36(49)39(31-35)52-45-43(47(60)57(55-45)44-37(50)28-33(48)29-38(44)51)54-53-34-23-26-40(61-5-2)41(30-34)62-6-3/h21-26,28-32,43H,4-20,27H2,1-3H3,(H,52,55). The van der Waals surface area contributed by atoms with Gasteiger partial charge in [0, 0.05) is 17.5 Å². The van der Waals surface area contributed by atoms with Crippen molar-refractivity contribution in [3.05, 3.63) is 80.8 Å². The summed E-state index contributed by atoms with van der Waals surface area (Å²) in [7, 11) is 0. The second-order valence-electron chi connectivity index (χ2n) is 15.4.